The Bertz CT molecular complexity index is 1250. The monoisotopic (exact) mass is 345 g/mol. The summed E-state index contributed by atoms with van der Waals surface area (Å²) in [5.74, 6) is 0. The zero-order valence-corrected chi connectivity index (χ0v) is 14.8. The van der Waals surface area contributed by atoms with E-state index in [2.05, 4.69) is 11.1 Å². The summed E-state index contributed by atoms with van der Waals surface area (Å²) >= 11 is 0. The number of aromatic nitrogens is 1. The van der Waals surface area contributed by atoms with E-state index in [4.69, 9.17) is 4.42 Å². The number of hydrogen-bond acceptors (Lipinski definition) is 3. The molecule has 0 aliphatic carbocycles. The van der Waals surface area contributed by atoms with Crippen LogP contribution in [0, 0.1) is 13.8 Å². The molecule has 0 saturated heterocycles. The highest BCUT2D eigenvalue weighted by atomic mass is 16.4. The van der Waals surface area contributed by atoms with Crippen LogP contribution in [0.4, 0.5) is 0 Å². The Kier molecular flexibility index (Phi) is 3.96. The Hall–Kier alpha value is -3.14. The molecule has 4 aromatic rings. The molecule has 2 aromatic heterocycles. The summed E-state index contributed by atoms with van der Waals surface area (Å²) in [5.41, 5.74) is 4.75. The second-order valence-electron chi connectivity index (χ2n) is 6.80. The van der Waals surface area contributed by atoms with Crippen molar-refractivity contribution in [2.45, 2.75) is 26.7 Å². The average molecular weight is 345 g/mol. The first-order chi connectivity index (χ1) is 12.5. The van der Waals surface area contributed by atoms with Crippen LogP contribution in [-0.2, 0) is 12.8 Å². The van der Waals surface area contributed by atoms with Gasteiger partial charge in [-0.3, -0.25) is 4.79 Å². The number of benzene rings is 2. The molecular weight excluding hydrogens is 326 g/mol. The molecule has 0 atom stereocenters. The Morgan fingerprint density at radius 2 is 1.73 bits per heavy atom. The quantitative estimate of drug-likeness (QED) is 0.570. The van der Waals surface area contributed by atoms with Gasteiger partial charge >= 0.3 is 5.63 Å². The Balaban J connectivity index is 1.64. The third-order valence-corrected chi connectivity index (χ3v) is 4.73. The molecule has 0 radical (unpaired) electrons. The number of fused-ring (bicyclic) bond motifs is 2. The third kappa shape index (κ3) is 3.06. The van der Waals surface area contributed by atoms with E-state index in [1.54, 1.807) is 6.92 Å². The van der Waals surface area contributed by atoms with Gasteiger partial charge in [0.25, 0.3) is 5.56 Å². The maximum atomic E-state index is 12.3. The summed E-state index contributed by atoms with van der Waals surface area (Å²) in [6.07, 6.45) is 1.40. The van der Waals surface area contributed by atoms with Crippen LogP contribution in [0.1, 0.15) is 22.3 Å². The molecule has 2 aromatic carbocycles. The number of nitrogens with one attached hydrogen (secondary N) is 1. The van der Waals surface area contributed by atoms with Crippen LogP contribution in [0.15, 0.2) is 62.5 Å². The molecule has 0 unspecified atom stereocenters. The molecule has 0 fully saturated rings. The average Bonchev–Trinajstić information content (AvgIpc) is 2.61. The van der Waals surface area contributed by atoms with E-state index in [0.29, 0.717) is 17.6 Å². The standard InChI is InChI=1S/C22H19NO3/c1-13-3-7-19-17(9-13)12-16(21(24)23-19)6-4-15-5-8-20-18(11-15)10-14(2)22(25)26-20/h3,5,7-12H,4,6H2,1-2H3,(H,23,24). The second kappa shape index (κ2) is 6.30. The lowest BCUT2D eigenvalue weighted by atomic mass is 10.0. The van der Waals surface area contributed by atoms with Gasteiger partial charge in [-0.2, -0.15) is 0 Å². The molecule has 4 nitrogen and oxygen atoms in total. The lowest BCUT2D eigenvalue weighted by Gasteiger charge is -2.06. The maximum absolute atomic E-state index is 12.3. The molecule has 0 aliphatic heterocycles. The minimum atomic E-state index is -0.303. The molecule has 2 heterocycles. The van der Waals surface area contributed by atoms with Gasteiger partial charge in [-0.15, -0.1) is 0 Å². The number of hydrogen-bond donors (Lipinski definition) is 1. The summed E-state index contributed by atoms with van der Waals surface area (Å²) in [5, 5.41) is 1.96. The summed E-state index contributed by atoms with van der Waals surface area (Å²) in [4.78, 5) is 26.9. The topological polar surface area (TPSA) is 63.1 Å². The predicted octanol–water partition coefficient (Wildman–Crippen LogP) is 4.04. The number of pyridine rings is 1. The minimum Gasteiger partial charge on any atom is -0.423 e. The number of aromatic amines is 1. The molecule has 130 valence electrons. The van der Waals surface area contributed by atoms with Gasteiger partial charge < -0.3 is 9.40 Å². The summed E-state index contributed by atoms with van der Waals surface area (Å²) in [6, 6.07) is 15.6. The van der Waals surface area contributed by atoms with Crippen molar-refractivity contribution in [3.63, 3.8) is 0 Å². The molecule has 4 heteroatoms. The van der Waals surface area contributed by atoms with Crippen molar-refractivity contribution in [1.82, 2.24) is 4.98 Å². The van der Waals surface area contributed by atoms with Crippen LogP contribution in [0.5, 0.6) is 0 Å². The predicted molar refractivity (Wildman–Crippen MR) is 104 cm³/mol. The zero-order chi connectivity index (χ0) is 18.3. The van der Waals surface area contributed by atoms with Crippen LogP contribution in [-0.4, -0.2) is 4.98 Å². The highest BCUT2D eigenvalue weighted by Gasteiger charge is 2.06. The summed E-state index contributed by atoms with van der Waals surface area (Å²) in [7, 11) is 0. The second-order valence-corrected chi connectivity index (χ2v) is 6.80. The minimum absolute atomic E-state index is 0.0380. The van der Waals surface area contributed by atoms with Crippen molar-refractivity contribution in [3.05, 3.63) is 91.6 Å². The van der Waals surface area contributed by atoms with Crippen molar-refractivity contribution in [2.75, 3.05) is 0 Å². The molecule has 0 bridgehead atoms. The maximum Gasteiger partial charge on any atom is 0.339 e. The van der Waals surface area contributed by atoms with Gasteiger partial charge in [-0.25, -0.2) is 4.79 Å². The molecular formula is C22H19NO3. The molecule has 0 spiro atoms. The van der Waals surface area contributed by atoms with Crippen molar-refractivity contribution >= 4 is 21.9 Å². The van der Waals surface area contributed by atoms with Crippen molar-refractivity contribution in [1.29, 1.82) is 0 Å². The largest absolute Gasteiger partial charge is 0.423 e. The van der Waals surface area contributed by atoms with Gasteiger partial charge in [-0.05, 0) is 74.0 Å². The SMILES string of the molecule is Cc1ccc2[nH]c(=O)c(CCc3ccc4oc(=O)c(C)cc4c3)cc2c1. The van der Waals surface area contributed by atoms with Crippen LogP contribution >= 0.6 is 0 Å². The van der Waals surface area contributed by atoms with Crippen molar-refractivity contribution in [2.24, 2.45) is 0 Å². The first-order valence-corrected chi connectivity index (χ1v) is 8.65. The Morgan fingerprint density at radius 1 is 0.885 bits per heavy atom. The highest BCUT2D eigenvalue weighted by Crippen LogP contribution is 2.18. The summed E-state index contributed by atoms with van der Waals surface area (Å²) in [6.45, 7) is 3.79. The van der Waals surface area contributed by atoms with Crippen molar-refractivity contribution in [3.8, 4) is 0 Å². The number of aryl methyl sites for hydroxylation is 4. The van der Waals surface area contributed by atoms with Crippen LogP contribution in [0.2, 0.25) is 0 Å². The van der Waals surface area contributed by atoms with E-state index in [1.807, 2.05) is 49.4 Å². The first-order valence-electron chi connectivity index (χ1n) is 8.65. The molecule has 1 N–H and O–H groups in total. The summed E-state index contributed by atoms with van der Waals surface area (Å²) < 4.78 is 5.28. The number of H-pyrrole nitrogens is 1. The zero-order valence-electron chi connectivity index (χ0n) is 14.8. The van der Waals surface area contributed by atoms with Gasteiger partial charge in [0.15, 0.2) is 0 Å². The van der Waals surface area contributed by atoms with Crippen LogP contribution in [0.25, 0.3) is 21.9 Å². The third-order valence-electron chi connectivity index (χ3n) is 4.73. The van der Waals surface area contributed by atoms with E-state index in [-0.39, 0.29) is 11.2 Å². The lowest BCUT2D eigenvalue weighted by Crippen LogP contribution is -2.13. The highest BCUT2D eigenvalue weighted by molar-refractivity contribution is 5.80. The molecule has 0 amide bonds. The fourth-order valence-corrected chi connectivity index (χ4v) is 3.27. The normalized spacial score (nSPS) is 11.3. The van der Waals surface area contributed by atoms with E-state index >= 15 is 0 Å². The van der Waals surface area contributed by atoms with E-state index in [1.165, 1.54) is 5.56 Å². The number of rotatable bonds is 3. The van der Waals surface area contributed by atoms with Crippen molar-refractivity contribution < 1.29 is 4.42 Å². The fourth-order valence-electron chi connectivity index (χ4n) is 3.27. The Labute approximate surface area is 150 Å². The van der Waals surface area contributed by atoms with E-state index in [9.17, 15) is 9.59 Å². The van der Waals surface area contributed by atoms with Crippen LogP contribution in [0.3, 0.4) is 0 Å². The molecule has 26 heavy (non-hydrogen) atoms. The van der Waals surface area contributed by atoms with Gasteiger partial charge in [0.05, 0.1) is 0 Å². The van der Waals surface area contributed by atoms with Gasteiger partial charge in [0.2, 0.25) is 0 Å². The van der Waals surface area contributed by atoms with Gasteiger partial charge in [-0.1, -0.05) is 17.7 Å². The molecule has 0 aliphatic rings. The first kappa shape index (κ1) is 16.3. The van der Waals surface area contributed by atoms with Crippen LogP contribution < -0.4 is 11.2 Å². The van der Waals surface area contributed by atoms with E-state index < -0.39 is 0 Å². The smallest absolute Gasteiger partial charge is 0.339 e. The van der Waals surface area contributed by atoms with Gasteiger partial charge in [0, 0.05) is 22.0 Å². The Morgan fingerprint density at radius 3 is 2.58 bits per heavy atom. The molecule has 0 saturated carbocycles. The molecule has 4 rings (SSSR count). The fraction of sp³-hybridized carbons (Fsp3) is 0.182. The van der Waals surface area contributed by atoms with Gasteiger partial charge in [0.1, 0.15) is 5.58 Å². The van der Waals surface area contributed by atoms with E-state index in [0.717, 1.165) is 33.8 Å². The lowest BCUT2D eigenvalue weighted by molar-refractivity contribution is 0.555.